The molecule has 0 radical (unpaired) electrons. The Bertz CT molecular complexity index is 255. The fraction of sp³-hybridized carbons (Fsp3) is 0.333. The van der Waals surface area contributed by atoms with Crippen molar-refractivity contribution in [3.8, 4) is 0 Å². The molecule has 0 saturated heterocycles. The van der Waals surface area contributed by atoms with Crippen LogP contribution in [0.15, 0.2) is 24.3 Å². The molecular formula is C9H14ClIN2. The minimum atomic E-state index is 0. The summed E-state index contributed by atoms with van der Waals surface area (Å²) in [6, 6.07) is 8.31. The lowest BCUT2D eigenvalue weighted by Crippen LogP contribution is -2.15. The number of halogens is 2. The Morgan fingerprint density at radius 2 is 2.08 bits per heavy atom. The smallest absolute Gasteiger partial charge is 0.0307 e. The van der Waals surface area contributed by atoms with Crippen molar-refractivity contribution in [1.82, 2.24) is 0 Å². The third-order valence-electron chi connectivity index (χ3n) is 1.75. The van der Waals surface area contributed by atoms with Crippen LogP contribution in [0.4, 0.5) is 0 Å². The standard InChI is InChI=1S/C9H13IN2.ClH/c10-8-3-1-2-7(6-8)9(12)4-5-11;/h1-3,6,9H,4-5,11-12H2;1H/t9-;/m1./s1. The van der Waals surface area contributed by atoms with Gasteiger partial charge in [0.1, 0.15) is 0 Å². The Labute approximate surface area is 98.6 Å². The van der Waals surface area contributed by atoms with Gasteiger partial charge in [0.05, 0.1) is 0 Å². The number of benzene rings is 1. The average molecular weight is 313 g/mol. The van der Waals surface area contributed by atoms with Crippen molar-refractivity contribution in [2.24, 2.45) is 11.5 Å². The molecule has 0 aliphatic heterocycles. The van der Waals surface area contributed by atoms with E-state index < -0.39 is 0 Å². The van der Waals surface area contributed by atoms with Crippen LogP contribution in [-0.4, -0.2) is 6.54 Å². The van der Waals surface area contributed by atoms with Crippen LogP contribution in [0.2, 0.25) is 0 Å². The van der Waals surface area contributed by atoms with Gasteiger partial charge in [-0.2, -0.15) is 0 Å². The van der Waals surface area contributed by atoms with Crippen LogP contribution < -0.4 is 11.5 Å². The molecular weight excluding hydrogens is 298 g/mol. The Morgan fingerprint density at radius 3 is 2.62 bits per heavy atom. The average Bonchev–Trinajstić information content (AvgIpc) is 2.05. The summed E-state index contributed by atoms with van der Waals surface area (Å²) in [5, 5.41) is 0. The van der Waals surface area contributed by atoms with E-state index in [9.17, 15) is 0 Å². The first-order valence-electron chi connectivity index (χ1n) is 3.95. The molecule has 0 amide bonds. The van der Waals surface area contributed by atoms with E-state index in [0.29, 0.717) is 6.54 Å². The van der Waals surface area contributed by atoms with Gasteiger partial charge in [-0.3, -0.25) is 0 Å². The highest BCUT2D eigenvalue weighted by atomic mass is 127. The molecule has 4 heteroatoms. The van der Waals surface area contributed by atoms with Crippen LogP contribution in [-0.2, 0) is 0 Å². The molecule has 0 aliphatic carbocycles. The van der Waals surface area contributed by atoms with E-state index in [4.69, 9.17) is 11.5 Å². The van der Waals surface area contributed by atoms with Gasteiger partial charge in [-0.25, -0.2) is 0 Å². The van der Waals surface area contributed by atoms with E-state index in [1.807, 2.05) is 12.1 Å². The van der Waals surface area contributed by atoms with Gasteiger partial charge >= 0.3 is 0 Å². The molecule has 74 valence electrons. The van der Waals surface area contributed by atoms with Gasteiger partial charge in [0.2, 0.25) is 0 Å². The van der Waals surface area contributed by atoms with Crippen LogP contribution in [0, 0.1) is 3.57 Å². The van der Waals surface area contributed by atoms with Crippen LogP contribution in [0.3, 0.4) is 0 Å². The first kappa shape index (κ1) is 13.2. The minimum Gasteiger partial charge on any atom is -0.330 e. The summed E-state index contributed by atoms with van der Waals surface area (Å²) in [5.41, 5.74) is 12.5. The lowest BCUT2D eigenvalue weighted by atomic mass is 10.1. The second-order valence-corrected chi connectivity index (χ2v) is 3.98. The summed E-state index contributed by atoms with van der Waals surface area (Å²) in [6.07, 6.45) is 0.847. The molecule has 4 N–H and O–H groups in total. The lowest BCUT2D eigenvalue weighted by molar-refractivity contribution is 0.661. The second-order valence-electron chi connectivity index (χ2n) is 2.74. The molecule has 0 fully saturated rings. The van der Waals surface area contributed by atoms with Crippen LogP contribution in [0.25, 0.3) is 0 Å². The molecule has 0 aromatic heterocycles. The van der Waals surface area contributed by atoms with Crippen molar-refractivity contribution >= 4 is 35.0 Å². The van der Waals surface area contributed by atoms with Crippen molar-refractivity contribution in [3.05, 3.63) is 33.4 Å². The highest BCUT2D eigenvalue weighted by molar-refractivity contribution is 14.1. The Kier molecular flexibility index (Phi) is 6.67. The van der Waals surface area contributed by atoms with Gasteiger partial charge in [-0.05, 0) is 53.3 Å². The summed E-state index contributed by atoms with van der Waals surface area (Å²) in [4.78, 5) is 0. The molecule has 0 aliphatic rings. The monoisotopic (exact) mass is 312 g/mol. The summed E-state index contributed by atoms with van der Waals surface area (Å²) in [7, 11) is 0. The number of hydrogen-bond acceptors (Lipinski definition) is 2. The van der Waals surface area contributed by atoms with Crippen LogP contribution in [0.1, 0.15) is 18.0 Å². The molecule has 1 aromatic carbocycles. The number of hydrogen-bond donors (Lipinski definition) is 2. The van der Waals surface area contributed by atoms with E-state index in [2.05, 4.69) is 34.7 Å². The van der Waals surface area contributed by atoms with E-state index in [0.717, 1.165) is 6.42 Å². The van der Waals surface area contributed by atoms with Gasteiger partial charge < -0.3 is 11.5 Å². The SMILES string of the molecule is Cl.NCC[C@@H](N)c1cccc(I)c1. The largest absolute Gasteiger partial charge is 0.330 e. The predicted molar refractivity (Wildman–Crippen MR) is 67.0 cm³/mol. The zero-order valence-corrected chi connectivity index (χ0v) is 10.2. The van der Waals surface area contributed by atoms with Crippen molar-refractivity contribution in [2.45, 2.75) is 12.5 Å². The topological polar surface area (TPSA) is 52.0 Å². The normalized spacial score (nSPS) is 11.9. The zero-order chi connectivity index (χ0) is 8.97. The Hall–Kier alpha value is 0.160. The van der Waals surface area contributed by atoms with E-state index in [1.165, 1.54) is 9.13 Å². The summed E-state index contributed by atoms with van der Waals surface area (Å²) in [5.74, 6) is 0. The van der Waals surface area contributed by atoms with Crippen LogP contribution >= 0.6 is 35.0 Å². The lowest BCUT2D eigenvalue weighted by Gasteiger charge is -2.10. The summed E-state index contributed by atoms with van der Waals surface area (Å²) in [6.45, 7) is 0.645. The van der Waals surface area contributed by atoms with E-state index in [1.54, 1.807) is 0 Å². The molecule has 0 saturated carbocycles. The van der Waals surface area contributed by atoms with E-state index >= 15 is 0 Å². The quantitative estimate of drug-likeness (QED) is 0.840. The molecule has 1 atom stereocenters. The molecule has 2 nitrogen and oxygen atoms in total. The summed E-state index contributed by atoms with van der Waals surface area (Å²) >= 11 is 2.28. The molecule has 1 rings (SSSR count). The molecule has 1 aromatic rings. The maximum atomic E-state index is 5.89. The highest BCUT2D eigenvalue weighted by Crippen LogP contribution is 2.15. The van der Waals surface area contributed by atoms with Gasteiger partial charge in [0.25, 0.3) is 0 Å². The highest BCUT2D eigenvalue weighted by Gasteiger charge is 2.03. The second kappa shape index (κ2) is 6.59. The van der Waals surface area contributed by atoms with Crippen molar-refractivity contribution in [1.29, 1.82) is 0 Å². The zero-order valence-electron chi connectivity index (χ0n) is 7.24. The fourth-order valence-corrected chi connectivity index (χ4v) is 1.65. The maximum absolute atomic E-state index is 5.89. The van der Waals surface area contributed by atoms with Gasteiger partial charge in [0, 0.05) is 9.61 Å². The number of rotatable bonds is 3. The van der Waals surface area contributed by atoms with Gasteiger partial charge in [-0.1, -0.05) is 12.1 Å². The van der Waals surface area contributed by atoms with Crippen molar-refractivity contribution in [3.63, 3.8) is 0 Å². The first-order valence-corrected chi connectivity index (χ1v) is 5.03. The Balaban J connectivity index is 0.00000144. The molecule has 0 unspecified atom stereocenters. The van der Waals surface area contributed by atoms with Crippen molar-refractivity contribution in [2.75, 3.05) is 6.54 Å². The third kappa shape index (κ3) is 4.26. The Morgan fingerprint density at radius 1 is 1.38 bits per heavy atom. The molecule has 13 heavy (non-hydrogen) atoms. The molecule has 0 bridgehead atoms. The molecule has 0 heterocycles. The molecule has 0 spiro atoms. The fourth-order valence-electron chi connectivity index (χ4n) is 1.08. The van der Waals surface area contributed by atoms with E-state index in [-0.39, 0.29) is 18.4 Å². The minimum absolute atomic E-state index is 0. The predicted octanol–water partition coefficient (Wildman–Crippen LogP) is 2.06. The van der Waals surface area contributed by atoms with Crippen molar-refractivity contribution < 1.29 is 0 Å². The van der Waals surface area contributed by atoms with Gasteiger partial charge in [0.15, 0.2) is 0 Å². The van der Waals surface area contributed by atoms with Gasteiger partial charge in [-0.15, -0.1) is 12.4 Å². The summed E-state index contributed by atoms with van der Waals surface area (Å²) < 4.78 is 1.22. The first-order chi connectivity index (χ1) is 5.74. The third-order valence-corrected chi connectivity index (χ3v) is 2.43. The van der Waals surface area contributed by atoms with Crippen LogP contribution in [0.5, 0.6) is 0 Å². The number of nitrogens with two attached hydrogens (primary N) is 2. The maximum Gasteiger partial charge on any atom is 0.0307 e.